The normalized spacial score (nSPS) is 18.3. The third kappa shape index (κ3) is 3.01. The van der Waals surface area contributed by atoms with Crippen LogP contribution in [0.2, 0.25) is 0 Å². The van der Waals surface area contributed by atoms with Crippen molar-refractivity contribution in [3.63, 3.8) is 0 Å². The molecule has 2 aromatic rings. The summed E-state index contributed by atoms with van der Waals surface area (Å²) in [7, 11) is 1.98. The van der Waals surface area contributed by atoms with Gasteiger partial charge < -0.3 is 4.90 Å². The average Bonchev–Trinajstić information content (AvgIpc) is 3.15. The Hall–Kier alpha value is -1.77. The second kappa shape index (κ2) is 6.77. The highest BCUT2D eigenvalue weighted by Crippen LogP contribution is 2.42. The van der Waals surface area contributed by atoms with Crippen LogP contribution in [0.4, 0.5) is 5.69 Å². The lowest BCUT2D eigenvalue weighted by Crippen LogP contribution is -2.33. The molecule has 0 fully saturated rings. The summed E-state index contributed by atoms with van der Waals surface area (Å²) in [5.41, 5.74) is 5.50. The Labute approximate surface area is 140 Å². The number of aromatic nitrogens is 2. The topological polar surface area (TPSA) is 21.1 Å². The third-order valence-corrected chi connectivity index (χ3v) is 5.26. The molecular formula is C20H29N3. The van der Waals surface area contributed by atoms with Crippen LogP contribution in [0.25, 0.3) is 11.1 Å². The summed E-state index contributed by atoms with van der Waals surface area (Å²) < 4.78 is 1.88. The summed E-state index contributed by atoms with van der Waals surface area (Å²) in [6, 6.07) is 7.68. The molecule has 124 valence electrons. The second-order valence-corrected chi connectivity index (χ2v) is 6.78. The van der Waals surface area contributed by atoms with Crippen LogP contribution in [0.15, 0.2) is 30.6 Å². The molecule has 3 rings (SSSR count). The molecule has 1 aromatic heterocycles. The Morgan fingerprint density at radius 1 is 1.22 bits per heavy atom. The van der Waals surface area contributed by atoms with Gasteiger partial charge in [-0.3, -0.25) is 4.68 Å². The number of nitrogens with zero attached hydrogens (tertiary/aromatic N) is 3. The first-order valence-electron chi connectivity index (χ1n) is 9.07. The summed E-state index contributed by atoms with van der Waals surface area (Å²) in [5, 5.41) is 4.31. The summed E-state index contributed by atoms with van der Waals surface area (Å²) in [6.07, 6.45) is 9.05. The van der Waals surface area contributed by atoms with E-state index in [9.17, 15) is 0 Å². The molecule has 0 radical (unpaired) electrons. The lowest BCUT2D eigenvalue weighted by Gasteiger charge is -2.30. The van der Waals surface area contributed by atoms with Crippen LogP contribution in [0.5, 0.6) is 0 Å². The average molecular weight is 311 g/mol. The van der Waals surface area contributed by atoms with Crippen molar-refractivity contribution in [3.8, 4) is 11.1 Å². The minimum Gasteiger partial charge on any atom is -0.368 e. The lowest BCUT2D eigenvalue weighted by atomic mass is 9.95. The number of anilines is 1. The minimum atomic E-state index is 0.660. The molecule has 0 spiro atoms. The van der Waals surface area contributed by atoms with Crippen molar-refractivity contribution in [2.24, 2.45) is 7.05 Å². The van der Waals surface area contributed by atoms with E-state index in [1.165, 1.54) is 54.6 Å². The van der Waals surface area contributed by atoms with E-state index in [-0.39, 0.29) is 0 Å². The highest BCUT2D eigenvalue weighted by atomic mass is 15.2. The first-order chi connectivity index (χ1) is 11.2. The maximum absolute atomic E-state index is 4.31. The highest BCUT2D eigenvalue weighted by Gasteiger charge is 2.31. The van der Waals surface area contributed by atoms with Gasteiger partial charge >= 0.3 is 0 Å². The zero-order valence-corrected chi connectivity index (χ0v) is 14.9. The van der Waals surface area contributed by atoms with E-state index < -0.39 is 0 Å². The Bertz CT molecular complexity index is 659. The van der Waals surface area contributed by atoms with Crippen molar-refractivity contribution in [1.29, 1.82) is 0 Å². The molecule has 2 heterocycles. The van der Waals surface area contributed by atoms with E-state index in [4.69, 9.17) is 0 Å². The lowest BCUT2D eigenvalue weighted by molar-refractivity contribution is 0.521. The summed E-state index contributed by atoms with van der Waals surface area (Å²) in [6.45, 7) is 8.11. The fraction of sp³-hybridized carbons (Fsp3) is 0.550. The monoisotopic (exact) mass is 311 g/mol. The molecule has 0 amide bonds. The van der Waals surface area contributed by atoms with E-state index in [2.05, 4.69) is 55.2 Å². The summed E-state index contributed by atoms with van der Waals surface area (Å²) in [5.74, 6) is 0.660. The van der Waals surface area contributed by atoms with Gasteiger partial charge in [0.1, 0.15) is 0 Å². The molecular weight excluding hydrogens is 282 g/mol. The van der Waals surface area contributed by atoms with E-state index >= 15 is 0 Å². The predicted molar refractivity (Wildman–Crippen MR) is 98.0 cm³/mol. The van der Waals surface area contributed by atoms with Crippen molar-refractivity contribution >= 4 is 5.69 Å². The molecule has 1 aliphatic heterocycles. The maximum Gasteiger partial charge on any atom is 0.0568 e. The van der Waals surface area contributed by atoms with Gasteiger partial charge in [-0.1, -0.05) is 33.3 Å². The van der Waals surface area contributed by atoms with Gasteiger partial charge in [0.05, 0.1) is 6.20 Å². The molecule has 2 atom stereocenters. The number of fused-ring (bicyclic) bond motifs is 1. The van der Waals surface area contributed by atoms with Gasteiger partial charge in [0.15, 0.2) is 0 Å². The van der Waals surface area contributed by atoms with Gasteiger partial charge in [-0.2, -0.15) is 5.10 Å². The molecule has 0 saturated carbocycles. The van der Waals surface area contributed by atoms with Gasteiger partial charge in [-0.25, -0.2) is 0 Å². The first kappa shape index (κ1) is 16.1. The van der Waals surface area contributed by atoms with Crippen molar-refractivity contribution in [2.45, 2.75) is 58.4 Å². The largest absolute Gasteiger partial charge is 0.368 e. The van der Waals surface area contributed by atoms with Crippen LogP contribution in [0.1, 0.15) is 57.9 Å². The van der Waals surface area contributed by atoms with Crippen molar-refractivity contribution in [3.05, 3.63) is 36.2 Å². The standard InChI is InChI=1S/C20H29N3/c1-5-8-18(7-3)23-14-15(6-2)19-11-16(9-10-20(19)23)17-12-21-22(4)13-17/h9-13,15,18H,5-8,14H2,1-4H3/t15-,18?/m1/s1. The van der Waals surface area contributed by atoms with E-state index in [0.29, 0.717) is 12.0 Å². The number of aryl methyl sites for hydroxylation is 1. The number of benzene rings is 1. The van der Waals surface area contributed by atoms with Crippen LogP contribution < -0.4 is 4.90 Å². The van der Waals surface area contributed by atoms with Gasteiger partial charge in [-0.15, -0.1) is 0 Å². The number of hydrogen-bond acceptors (Lipinski definition) is 2. The van der Waals surface area contributed by atoms with Gasteiger partial charge in [0.2, 0.25) is 0 Å². The van der Waals surface area contributed by atoms with Crippen LogP contribution in [0, 0.1) is 0 Å². The van der Waals surface area contributed by atoms with Crippen LogP contribution in [0.3, 0.4) is 0 Å². The fourth-order valence-electron chi connectivity index (χ4n) is 3.94. The SMILES string of the molecule is CCCC(CC)N1C[C@@H](CC)c2cc(-c3cnn(C)c3)ccc21. The van der Waals surface area contributed by atoms with Crippen molar-refractivity contribution < 1.29 is 0 Å². The molecule has 0 aliphatic carbocycles. The molecule has 1 aromatic carbocycles. The van der Waals surface area contributed by atoms with Crippen LogP contribution in [-0.4, -0.2) is 22.4 Å². The van der Waals surface area contributed by atoms with E-state index in [0.717, 1.165) is 0 Å². The molecule has 1 aliphatic rings. The first-order valence-corrected chi connectivity index (χ1v) is 9.07. The summed E-state index contributed by atoms with van der Waals surface area (Å²) in [4.78, 5) is 2.67. The van der Waals surface area contributed by atoms with Crippen LogP contribution >= 0.6 is 0 Å². The molecule has 0 saturated heterocycles. The Kier molecular flexibility index (Phi) is 4.74. The molecule has 0 N–H and O–H groups in total. The Morgan fingerprint density at radius 2 is 2.04 bits per heavy atom. The molecule has 23 heavy (non-hydrogen) atoms. The molecule has 3 nitrogen and oxygen atoms in total. The zero-order valence-electron chi connectivity index (χ0n) is 14.9. The van der Waals surface area contributed by atoms with Crippen molar-refractivity contribution in [1.82, 2.24) is 9.78 Å². The van der Waals surface area contributed by atoms with Gasteiger partial charge in [0, 0.05) is 43.0 Å². The van der Waals surface area contributed by atoms with Gasteiger partial charge in [-0.05, 0) is 42.5 Å². The molecule has 0 bridgehead atoms. The van der Waals surface area contributed by atoms with Gasteiger partial charge in [0.25, 0.3) is 0 Å². The fourth-order valence-corrected chi connectivity index (χ4v) is 3.94. The Morgan fingerprint density at radius 3 is 2.65 bits per heavy atom. The van der Waals surface area contributed by atoms with Crippen LogP contribution in [-0.2, 0) is 7.05 Å². The maximum atomic E-state index is 4.31. The number of rotatable bonds is 6. The zero-order chi connectivity index (χ0) is 16.4. The Balaban J connectivity index is 1.96. The quantitative estimate of drug-likeness (QED) is 0.750. The summed E-state index contributed by atoms with van der Waals surface area (Å²) >= 11 is 0. The second-order valence-electron chi connectivity index (χ2n) is 6.78. The predicted octanol–water partition coefficient (Wildman–Crippen LogP) is 4.98. The molecule has 1 unspecified atom stereocenters. The third-order valence-electron chi connectivity index (χ3n) is 5.26. The molecule has 3 heteroatoms. The minimum absolute atomic E-state index is 0.660. The van der Waals surface area contributed by atoms with E-state index in [1.807, 2.05) is 17.9 Å². The smallest absolute Gasteiger partial charge is 0.0568 e. The number of hydrogen-bond donors (Lipinski definition) is 0. The van der Waals surface area contributed by atoms with Crippen molar-refractivity contribution in [2.75, 3.05) is 11.4 Å². The highest BCUT2D eigenvalue weighted by molar-refractivity contribution is 5.71. The van der Waals surface area contributed by atoms with E-state index in [1.54, 1.807) is 0 Å².